The average Bonchev–Trinajstić information content (AvgIpc) is 3.05. The molecule has 2 aromatic heterocycles. The third-order valence-electron chi connectivity index (χ3n) is 3.83. The van der Waals surface area contributed by atoms with E-state index in [0.29, 0.717) is 6.04 Å². The molecule has 0 bridgehead atoms. The third kappa shape index (κ3) is 3.07. The van der Waals surface area contributed by atoms with Crippen LogP contribution in [0.3, 0.4) is 0 Å². The molecule has 1 aliphatic carbocycles. The lowest BCUT2D eigenvalue weighted by molar-refractivity contribution is 0.475. The van der Waals surface area contributed by atoms with E-state index in [-0.39, 0.29) is 0 Å². The summed E-state index contributed by atoms with van der Waals surface area (Å²) in [6, 6.07) is 0.466. The summed E-state index contributed by atoms with van der Waals surface area (Å²) in [4.78, 5) is 5.71. The zero-order chi connectivity index (χ0) is 13.1. The molecule has 0 spiro atoms. The second-order valence-electron chi connectivity index (χ2n) is 5.41. The second-order valence-corrected chi connectivity index (χ2v) is 6.38. The van der Waals surface area contributed by atoms with E-state index in [1.165, 1.54) is 31.2 Å². The van der Waals surface area contributed by atoms with Crippen LogP contribution < -0.4 is 5.32 Å². The highest BCUT2D eigenvalue weighted by molar-refractivity contribution is 7.10. The maximum atomic E-state index is 4.08. The van der Waals surface area contributed by atoms with E-state index >= 15 is 0 Å². The highest BCUT2D eigenvalue weighted by Crippen LogP contribution is 2.30. The van der Waals surface area contributed by atoms with Crippen LogP contribution in [0.25, 0.3) is 0 Å². The molecule has 0 unspecified atom stereocenters. The first-order chi connectivity index (χ1) is 9.33. The lowest BCUT2D eigenvalue weighted by Gasteiger charge is -2.16. The highest BCUT2D eigenvalue weighted by Gasteiger charge is 2.15. The first-order valence-corrected chi connectivity index (χ1v) is 7.98. The molecule has 0 aliphatic heterocycles. The molecule has 2 aromatic rings. The predicted octanol–water partition coefficient (Wildman–Crippen LogP) is 3.00. The Labute approximate surface area is 118 Å². The Morgan fingerprint density at radius 3 is 3.16 bits per heavy atom. The van der Waals surface area contributed by atoms with Crippen LogP contribution in [-0.2, 0) is 25.9 Å². The van der Waals surface area contributed by atoms with Crippen LogP contribution in [0.5, 0.6) is 0 Å². The number of thiophene rings is 1. The largest absolute Gasteiger partial charge is 0.336 e. The van der Waals surface area contributed by atoms with Gasteiger partial charge in [0.1, 0.15) is 0 Å². The van der Waals surface area contributed by atoms with E-state index in [1.54, 1.807) is 10.4 Å². The molecular formula is C15H21N3S. The van der Waals surface area contributed by atoms with Gasteiger partial charge in [-0.15, -0.1) is 11.3 Å². The van der Waals surface area contributed by atoms with Crippen molar-refractivity contribution in [1.29, 1.82) is 0 Å². The minimum atomic E-state index is 0.466. The summed E-state index contributed by atoms with van der Waals surface area (Å²) in [5, 5.41) is 5.99. The lowest BCUT2D eigenvalue weighted by atomic mass is 9.96. The summed E-state index contributed by atoms with van der Waals surface area (Å²) >= 11 is 1.95. The summed E-state index contributed by atoms with van der Waals surface area (Å²) in [6.45, 7) is 4.22. The Morgan fingerprint density at radius 2 is 2.32 bits per heavy atom. The molecular weight excluding hydrogens is 254 g/mol. The van der Waals surface area contributed by atoms with Crippen LogP contribution >= 0.6 is 11.3 Å². The summed E-state index contributed by atoms with van der Waals surface area (Å²) < 4.78 is 2.13. The summed E-state index contributed by atoms with van der Waals surface area (Å²) in [7, 11) is 0. The van der Waals surface area contributed by atoms with Crippen molar-refractivity contribution in [2.24, 2.45) is 0 Å². The van der Waals surface area contributed by atoms with Gasteiger partial charge in [-0.25, -0.2) is 4.98 Å². The quantitative estimate of drug-likeness (QED) is 0.909. The molecule has 1 N–H and O–H groups in total. The normalized spacial score (nSPS) is 16.3. The van der Waals surface area contributed by atoms with E-state index in [0.717, 1.165) is 13.1 Å². The number of aryl methyl sites for hydroxylation is 1. The SMILES string of the molecule is C[C@H](Cn1ccnc1)NCc1csc2c1CCCC2. The molecule has 0 saturated heterocycles. The van der Waals surface area contributed by atoms with Gasteiger partial charge in [0.2, 0.25) is 0 Å². The molecule has 3 rings (SSSR count). The fourth-order valence-electron chi connectivity index (χ4n) is 2.77. The molecule has 0 saturated carbocycles. The van der Waals surface area contributed by atoms with Gasteiger partial charge in [-0.05, 0) is 49.1 Å². The number of hydrogen-bond acceptors (Lipinski definition) is 3. The molecule has 2 heterocycles. The standard InChI is InChI=1S/C15H21N3S/c1-12(9-18-7-6-16-11-18)17-8-13-10-19-15-5-3-2-4-14(13)15/h6-7,10-12,17H,2-5,8-9H2,1H3/t12-/m1/s1. The van der Waals surface area contributed by atoms with Gasteiger partial charge in [0, 0.05) is 36.4 Å². The Kier molecular flexibility index (Phi) is 3.99. The van der Waals surface area contributed by atoms with Crippen LogP contribution in [0.15, 0.2) is 24.1 Å². The highest BCUT2D eigenvalue weighted by atomic mass is 32.1. The van der Waals surface area contributed by atoms with Crippen molar-refractivity contribution in [2.45, 2.75) is 51.7 Å². The smallest absolute Gasteiger partial charge is 0.0946 e. The fourth-order valence-corrected chi connectivity index (χ4v) is 3.92. The molecule has 0 fully saturated rings. The first kappa shape index (κ1) is 12.9. The van der Waals surface area contributed by atoms with Gasteiger partial charge in [-0.1, -0.05) is 0 Å². The molecule has 0 aromatic carbocycles. The predicted molar refractivity (Wildman–Crippen MR) is 79.5 cm³/mol. The number of hydrogen-bond donors (Lipinski definition) is 1. The average molecular weight is 275 g/mol. The molecule has 4 heteroatoms. The van der Waals surface area contributed by atoms with Crippen molar-refractivity contribution in [1.82, 2.24) is 14.9 Å². The second kappa shape index (κ2) is 5.88. The summed E-state index contributed by atoms with van der Waals surface area (Å²) in [6.07, 6.45) is 11.0. The van der Waals surface area contributed by atoms with Gasteiger partial charge in [-0.2, -0.15) is 0 Å². The summed E-state index contributed by atoms with van der Waals surface area (Å²) in [5.41, 5.74) is 3.16. The zero-order valence-electron chi connectivity index (χ0n) is 11.4. The number of aromatic nitrogens is 2. The van der Waals surface area contributed by atoms with Crippen LogP contribution in [0.1, 0.15) is 35.8 Å². The van der Waals surface area contributed by atoms with Crippen molar-refractivity contribution in [3.8, 4) is 0 Å². The Balaban J connectivity index is 1.55. The van der Waals surface area contributed by atoms with Crippen molar-refractivity contribution in [2.75, 3.05) is 0 Å². The summed E-state index contributed by atoms with van der Waals surface area (Å²) in [5.74, 6) is 0. The Morgan fingerprint density at radius 1 is 1.42 bits per heavy atom. The number of nitrogens with one attached hydrogen (secondary N) is 1. The van der Waals surface area contributed by atoms with Gasteiger partial charge < -0.3 is 9.88 Å². The molecule has 0 radical (unpaired) electrons. The van der Waals surface area contributed by atoms with Crippen LogP contribution in [-0.4, -0.2) is 15.6 Å². The molecule has 0 amide bonds. The van der Waals surface area contributed by atoms with Crippen LogP contribution in [0, 0.1) is 0 Å². The topological polar surface area (TPSA) is 29.9 Å². The first-order valence-electron chi connectivity index (χ1n) is 7.10. The van der Waals surface area contributed by atoms with E-state index < -0.39 is 0 Å². The fraction of sp³-hybridized carbons (Fsp3) is 0.533. The molecule has 19 heavy (non-hydrogen) atoms. The van der Waals surface area contributed by atoms with Crippen LogP contribution in [0.2, 0.25) is 0 Å². The van der Waals surface area contributed by atoms with E-state index in [9.17, 15) is 0 Å². The molecule has 3 nitrogen and oxygen atoms in total. The van der Waals surface area contributed by atoms with E-state index in [2.05, 4.69) is 27.2 Å². The zero-order valence-corrected chi connectivity index (χ0v) is 12.2. The number of rotatable bonds is 5. The Bertz CT molecular complexity index is 515. The molecule has 102 valence electrons. The maximum absolute atomic E-state index is 4.08. The van der Waals surface area contributed by atoms with E-state index in [4.69, 9.17) is 0 Å². The van der Waals surface area contributed by atoms with Gasteiger partial charge >= 0.3 is 0 Å². The number of fused-ring (bicyclic) bond motifs is 1. The van der Waals surface area contributed by atoms with Crippen molar-refractivity contribution >= 4 is 11.3 Å². The lowest BCUT2D eigenvalue weighted by Crippen LogP contribution is -2.29. The number of nitrogens with zero attached hydrogens (tertiary/aromatic N) is 2. The van der Waals surface area contributed by atoms with E-state index in [1.807, 2.05) is 30.1 Å². The van der Waals surface area contributed by atoms with Crippen molar-refractivity contribution in [3.05, 3.63) is 40.1 Å². The van der Waals surface area contributed by atoms with Crippen LogP contribution in [0.4, 0.5) is 0 Å². The number of imidazole rings is 1. The Hall–Kier alpha value is -1.13. The van der Waals surface area contributed by atoms with Crippen molar-refractivity contribution in [3.63, 3.8) is 0 Å². The maximum Gasteiger partial charge on any atom is 0.0946 e. The van der Waals surface area contributed by atoms with Gasteiger partial charge in [0.05, 0.1) is 6.33 Å². The third-order valence-corrected chi connectivity index (χ3v) is 4.97. The van der Waals surface area contributed by atoms with Gasteiger partial charge in [-0.3, -0.25) is 0 Å². The molecule has 1 aliphatic rings. The van der Waals surface area contributed by atoms with Crippen molar-refractivity contribution < 1.29 is 0 Å². The minimum Gasteiger partial charge on any atom is -0.336 e. The van der Waals surface area contributed by atoms with Gasteiger partial charge in [0.15, 0.2) is 0 Å². The molecule has 1 atom stereocenters. The monoisotopic (exact) mass is 275 g/mol. The van der Waals surface area contributed by atoms with Gasteiger partial charge in [0.25, 0.3) is 0 Å². The minimum absolute atomic E-state index is 0.466.